The number of carbonyl (C=O) groups excluding carboxylic acids is 2. The predicted octanol–water partition coefficient (Wildman–Crippen LogP) is 1.62. The number of anilines is 1. The van der Waals surface area contributed by atoms with E-state index in [0.29, 0.717) is 0 Å². The number of amides is 2. The van der Waals surface area contributed by atoms with E-state index in [-0.39, 0.29) is 10.7 Å². The number of esters is 1. The number of benzene rings is 1. The molecule has 2 amide bonds. The Morgan fingerprint density at radius 2 is 2.10 bits per heavy atom. The molecule has 0 aromatic heterocycles. The van der Waals surface area contributed by atoms with Gasteiger partial charge < -0.3 is 20.5 Å². The fourth-order valence-electron chi connectivity index (χ4n) is 1.37. The van der Waals surface area contributed by atoms with Crippen molar-refractivity contribution in [3.05, 3.63) is 29.0 Å². The van der Waals surface area contributed by atoms with Gasteiger partial charge in [-0.05, 0) is 12.1 Å². The molecule has 0 heterocycles. The second kappa shape index (κ2) is 7.44. The first-order valence-electron chi connectivity index (χ1n) is 5.66. The van der Waals surface area contributed by atoms with E-state index in [2.05, 4.69) is 10.1 Å². The average Bonchev–Trinajstić information content (AvgIpc) is 2.42. The third-order valence-corrected chi connectivity index (χ3v) is 2.69. The van der Waals surface area contributed by atoms with Crippen molar-refractivity contribution < 1.29 is 28.6 Å². The molecule has 1 atom stereocenters. The highest BCUT2D eigenvalue weighted by Gasteiger charge is 2.24. The quantitative estimate of drug-likeness (QED) is 0.715. The molecule has 0 unspecified atom stereocenters. The minimum atomic E-state index is -1.50. The highest BCUT2D eigenvalue weighted by Crippen LogP contribution is 2.21. The summed E-state index contributed by atoms with van der Waals surface area (Å²) in [6.45, 7) is 0. The Morgan fingerprint density at radius 3 is 2.67 bits per heavy atom. The van der Waals surface area contributed by atoms with Crippen molar-refractivity contribution >= 4 is 35.3 Å². The molecular weight excluding hydrogens is 307 g/mol. The summed E-state index contributed by atoms with van der Waals surface area (Å²) in [7, 11) is 1.09. The molecule has 7 nitrogen and oxygen atoms in total. The smallest absolute Gasteiger partial charge is 0.326 e. The zero-order valence-electron chi connectivity index (χ0n) is 10.9. The normalized spacial score (nSPS) is 11.4. The standard InChI is InChI=1S/C12H12ClFN2O5/c1-21-9(17)5-8(11(18)19)16-12(20)15-7-4-2-3-6(13)10(7)14/h2-4,8H,5H2,1H3,(H,18,19)(H2,15,16,20)/t8-/m0/s1. The minimum Gasteiger partial charge on any atom is -0.480 e. The van der Waals surface area contributed by atoms with Crippen LogP contribution in [0.2, 0.25) is 5.02 Å². The lowest BCUT2D eigenvalue weighted by Crippen LogP contribution is -2.44. The summed E-state index contributed by atoms with van der Waals surface area (Å²) in [4.78, 5) is 33.6. The summed E-state index contributed by atoms with van der Waals surface area (Å²) in [6.07, 6.45) is -0.558. The number of methoxy groups -OCH3 is 1. The first-order valence-corrected chi connectivity index (χ1v) is 6.04. The molecule has 0 radical (unpaired) electrons. The van der Waals surface area contributed by atoms with E-state index in [4.69, 9.17) is 16.7 Å². The molecule has 3 N–H and O–H groups in total. The molecule has 1 aromatic carbocycles. The van der Waals surface area contributed by atoms with Gasteiger partial charge in [0, 0.05) is 0 Å². The number of rotatable bonds is 5. The Balaban J connectivity index is 2.72. The minimum absolute atomic E-state index is 0.197. The summed E-state index contributed by atoms with van der Waals surface area (Å²) in [5.41, 5.74) is -0.220. The van der Waals surface area contributed by atoms with Crippen LogP contribution in [0.4, 0.5) is 14.9 Å². The third-order valence-electron chi connectivity index (χ3n) is 2.40. The Labute approximate surface area is 124 Å². The number of aliphatic carboxylic acids is 1. The van der Waals surface area contributed by atoms with Crippen LogP contribution in [0.3, 0.4) is 0 Å². The van der Waals surface area contributed by atoms with Crippen molar-refractivity contribution in [1.29, 1.82) is 0 Å². The fraction of sp³-hybridized carbons (Fsp3) is 0.250. The van der Waals surface area contributed by atoms with Crippen LogP contribution in [-0.2, 0) is 14.3 Å². The van der Waals surface area contributed by atoms with Crippen LogP contribution in [0.15, 0.2) is 18.2 Å². The van der Waals surface area contributed by atoms with Gasteiger partial charge in [0.05, 0.1) is 24.2 Å². The van der Waals surface area contributed by atoms with Gasteiger partial charge in [-0.2, -0.15) is 0 Å². The lowest BCUT2D eigenvalue weighted by atomic mass is 10.2. The Bertz CT molecular complexity index is 567. The molecule has 0 aliphatic carbocycles. The SMILES string of the molecule is COC(=O)C[C@H](NC(=O)Nc1cccc(Cl)c1F)C(=O)O. The first-order chi connectivity index (χ1) is 9.85. The van der Waals surface area contributed by atoms with Crippen molar-refractivity contribution in [2.45, 2.75) is 12.5 Å². The zero-order valence-corrected chi connectivity index (χ0v) is 11.6. The van der Waals surface area contributed by atoms with E-state index >= 15 is 0 Å². The average molecular weight is 319 g/mol. The van der Waals surface area contributed by atoms with Gasteiger partial charge in [-0.15, -0.1) is 0 Å². The van der Waals surface area contributed by atoms with Crippen molar-refractivity contribution in [2.24, 2.45) is 0 Å². The number of hydrogen-bond donors (Lipinski definition) is 3. The van der Waals surface area contributed by atoms with Gasteiger partial charge in [0.25, 0.3) is 0 Å². The molecule has 0 aliphatic rings. The van der Waals surface area contributed by atoms with Crippen LogP contribution < -0.4 is 10.6 Å². The van der Waals surface area contributed by atoms with Crippen LogP contribution >= 0.6 is 11.6 Å². The molecule has 1 aromatic rings. The third kappa shape index (κ3) is 4.92. The molecule has 0 saturated heterocycles. The van der Waals surface area contributed by atoms with Gasteiger partial charge in [0.1, 0.15) is 6.04 Å². The highest BCUT2D eigenvalue weighted by atomic mass is 35.5. The van der Waals surface area contributed by atoms with E-state index in [1.54, 1.807) is 0 Å². The Morgan fingerprint density at radius 1 is 1.43 bits per heavy atom. The van der Waals surface area contributed by atoms with Gasteiger partial charge in [0.2, 0.25) is 0 Å². The van der Waals surface area contributed by atoms with Crippen molar-refractivity contribution in [1.82, 2.24) is 5.32 Å². The van der Waals surface area contributed by atoms with Gasteiger partial charge in [0.15, 0.2) is 5.82 Å². The second-order valence-corrected chi connectivity index (χ2v) is 4.28. The van der Waals surface area contributed by atoms with Crippen molar-refractivity contribution in [3.8, 4) is 0 Å². The maximum absolute atomic E-state index is 13.6. The maximum atomic E-state index is 13.6. The van der Waals surface area contributed by atoms with E-state index in [1.165, 1.54) is 18.2 Å². The molecule has 21 heavy (non-hydrogen) atoms. The van der Waals surface area contributed by atoms with Gasteiger partial charge >= 0.3 is 18.0 Å². The lowest BCUT2D eigenvalue weighted by molar-refractivity contribution is -0.147. The second-order valence-electron chi connectivity index (χ2n) is 3.87. The molecule has 0 saturated carbocycles. The van der Waals surface area contributed by atoms with Crippen LogP contribution in [0.25, 0.3) is 0 Å². The van der Waals surface area contributed by atoms with Gasteiger partial charge in [-0.3, -0.25) is 4.79 Å². The Hall–Kier alpha value is -2.35. The van der Waals surface area contributed by atoms with Gasteiger partial charge in [-0.25, -0.2) is 14.0 Å². The largest absolute Gasteiger partial charge is 0.480 e. The topological polar surface area (TPSA) is 105 Å². The summed E-state index contributed by atoms with van der Waals surface area (Å²) in [5, 5.41) is 12.8. The molecule has 0 fully saturated rings. The van der Waals surface area contributed by atoms with Crippen LogP contribution in [0.1, 0.15) is 6.42 Å². The number of hydrogen-bond acceptors (Lipinski definition) is 4. The van der Waals surface area contributed by atoms with Crippen LogP contribution in [0.5, 0.6) is 0 Å². The molecule has 1 rings (SSSR count). The molecule has 0 bridgehead atoms. The number of carbonyl (C=O) groups is 3. The van der Waals surface area contributed by atoms with Gasteiger partial charge in [-0.1, -0.05) is 17.7 Å². The van der Waals surface area contributed by atoms with Crippen LogP contribution in [-0.4, -0.2) is 36.2 Å². The summed E-state index contributed by atoms with van der Waals surface area (Å²) in [5.74, 6) is -3.09. The van der Waals surface area contributed by atoms with Crippen LogP contribution in [0, 0.1) is 5.82 Å². The number of carboxylic acids is 1. The fourth-order valence-corrected chi connectivity index (χ4v) is 1.54. The number of halogens is 2. The monoisotopic (exact) mass is 318 g/mol. The highest BCUT2D eigenvalue weighted by molar-refractivity contribution is 6.31. The van der Waals surface area contributed by atoms with Crippen molar-refractivity contribution in [3.63, 3.8) is 0 Å². The van der Waals surface area contributed by atoms with E-state index < -0.39 is 36.2 Å². The number of carboxylic acid groups (broad SMARTS) is 1. The lowest BCUT2D eigenvalue weighted by Gasteiger charge is -2.14. The summed E-state index contributed by atoms with van der Waals surface area (Å²) < 4.78 is 17.9. The molecule has 0 spiro atoms. The van der Waals surface area contributed by atoms with E-state index in [0.717, 1.165) is 7.11 Å². The van der Waals surface area contributed by atoms with E-state index in [9.17, 15) is 18.8 Å². The number of urea groups is 1. The maximum Gasteiger partial charge on any atom is 0.326 e. The molecular formula is C12H12ClFN2O5. The Kier molecular flexibility index (Phi) is 5.92. The number of nitrogens with one attached hydrogen (secondary N) is 2. The number of ether oxygens (including phenoxy) is 1. The van der Waals surface area contributed by atoms with E-state index in [1.807, 2.05) is 5.32 Å². The zero-order chi connectivity index (χ0) is 16.0. The molecule has 9 heteroatoms. The molecule has 114 valence electrons. The predicted molar refractivity (Wildman–Crippen MR) is 71.6 cm³/mol. The molecule has 0 aliphatic heterocycles. The summed E-state index contributed by atoms with van der Waals surface area (Å²) in [6, 6.07) is 1.45. The summed E-state index contributed by atoms with van der Waals surface area (Å²) >= 11 is 5.54. The first kappa shape index (κ1) is 16.7. The van der Waals surface area contributed by atoms with Crippen molar-refractivity contribution in [2.75, 3.05) is 12.4 Å².